The van der Waals surface area contributed by atoms with Crippen LogP contribution in [0.4, 0.5) is 4.79 Å². The quantitative estimate of drug-likeness (QED) is 0.806. The zero-order chi connectivity index (χ0) is 15.3. The topological polar surface area (TPSA) is 49.8 Å². The molecule has 1 N–H and O–H groups in total. The monoisotopic (exact) mass is 295 g/mol. The van der Waals surface area contributed by atoms with Crippen molar-refractivity contribution in [1.29, 1.82) is 0 Å². The molecular weight excluding hydrogens is 266 g/mol. The van der Waals surface area contributed by atoms with Crippen molar-refractivity contribution in [1.82, 2.24) is 4.90 Å². The predicted octanol–water partition coefficient (Wildman–Crippen LogP) is 3.47. The summed E-state index contributed by atoms with van der Waals surface area (Å²) in [5, 5.41) is 11.1. The molecule has 21 heavy (non-hydrogen) atoms. The molecule has 0 aromatic rings. The Morgan fingerprint density at radius 1 is 1.10 bits per heavy atom. The first-order valence-electron chi connectivity index (χ1n) is 8.52. The van der Waals surface area contributed by atoms with E-state index >= 15 is 0 Å². The molecule has 2 bridgehead atoms. The zero-order valence-corrected chi connectivity index (χ0v) is 13.6. The third kappa shape index (κ3) is 2.92. The lowest BCUT2D eigenvalue weighted by molar-refractivity contribution is -0.135. The van der Waals surface area contributed by atoms with Gasteiger partial charge in [-0.05, 0) is 71.6 Å². The molecular formula is C17H29NO3. The van der Waals surface area contributed by atoms with Crippen LogP contribution < -0.4 is 0 Å². The molecule has 0 aromatic heterocycles. The van der Waals surface area contributed by atoms with E-state index in [0.29, 0.717) is 5.92 Å². The molecule has 0 radical (unpaired) electrons. The zero-order valence-electron chi connectivity index (χ0n) is 13.6. The van der Waals surface area contributed by atoms with Crippen molar-refractivity contribution in [2.45, 2.75) is 95.4 Å². The standard InChI is InChI=1S/C17H29NO3/c1-16(2,3)21-15(19)18-13-8-5-9-14(18)11-17(20,10-13)12-6-4-7-12/h12-14,20H,4-11H2,1-3H3. The van der Waals surface area contributed by atoms with Gasteiger partial charge in [0.1, 0.15) is 5.60 Å². The fourth-order valence-corrected chi connectivity index (χ4v) is 4.36. The lowest BCUT2D eigenvalue weighted by atomic mass is 9.64. The van der Waals surface area contributed by atoms with Crippen LogP contribution in [0.2, 0.25) is 0 Å². The normalized spacial score (nSPS) is 37.0. The van der Waals surface area contributed by atoms with Gasteiger partial charge in [-0.1, -0.05) is 6.42 Å². The summed E-state index contributed by atoms with van der Waals surface area (Å²) < 4.78 is 5.59. The van der Waals surface area contributed by atoms with Crippen molar-refractivity contribution >= 4 is 6.09 Å². The first-order chi connectivity index (χ1) is 9.78. The molecule has 3 rings (SSSR count). The van der Waals surface area contributed by atoms with Gasteiger partial charge in [0.15, 0.2) is 0 Å². The van der Waals surface area contributed by atoms with Crippen LogP contribution in [0.5, 0.6) is 0 Å². The number of hydrogen-bond acceptors (Lipinski definition) is 3. The first-order valence-corrected chi connectivity index (χ1v) is 8.52. The molecule has 2 saturated heterocycles. The van der Waals surface area contributed by atoms with Crippen LogP contribution in [0.3, 0.4) is 0 Å². The van der Waals surface area contributed by atoms with Crippen molar-refractivity contribution in [3.8, 4) is 0 Å². The average molecular weight is 295 g/mol. The number of nitrogens with zero attached hydrogens (tertiary/aromatic N) is 1. The van der Waals surface area contributed by atoms with E-state index in [1.807, 2.05) is 25.7 Å². The Bertz CT molecular complexity index is 397. The van der Waals surface area contributed by atoms with E-state index in [1.54, 1.807) is 0 Å². The fourth-order valence-electron chi connectivity index (χ4n) is 4.36. The lowest BCUT2D eigenvalue weighted by Crippen LogP contribution is -2.62. The van der Waals surface area contributed by atoms with Crippen molar-refractivity contribution in [3.05, 3.63) is 0 Å². The molecule has 4 nitrogen and oxygen atoms in total. The Hall–Kier alpha value is -0.770. The van der Waals surface area contributed by atoms with Gasteiger partial charge in [0.05, 0.1) is 5.60 Å². The van der Waals surface area contributed by atoms with Gasteiger partial charge in [0.2, 0.25) is 0 Å². The average Bonchev–Trinajstić information content (AvgIpc) is 2.21. The third-order valence-electron chi connectivity index (χ3n) is 5.51. The van der Waals surface area contributed by atoms with Gasteiger partial charge in [0.25, 0.3) is 0 Å². The van der Waals surface area contributed by atoms with E-state index in [4.69, 9.17) is 4.74 Å². The second-order valence-corrected chi connectivity index (χ2v) is 8.27. The summed E-state index contributed by atoms with van der Waals surface area (Å²) >= 11 is 0. The highest BCUT2D eigenvalue weighted by Crippen LogP contribution is 2.48. The van der Waals surface area contributed by atoms with Crippen molar-refractivity contribution in [3.63, 3.8) is 0 Å². The number of amides is 1. The summed E-state index contributed by atoms with van der Waals surface area (Å²) in [5.41, 5.74) is -0.986. The Labute approximate surface area is 127 Å². The Morgan fingerprint density at radius 2 is 1.62 bits per heavy atom. The highest BCUT2D eigenvalue weighted by atomic mass is 16.6. The van der Waals surface area contributed by atoms with Crippen molar-refractivity contribution in [2.75, 3.05) is 0 Å². The van der Waals surface area contributed by atoms with Crippen molar-refractivity contribution < 1.29 is 14.6 Å². The molecule has 1 saturated carbocycles. The first kappa shape index (κ1) is 15.1. The van der Waals surface area contributed by atoms with Crippen molar-refractivity contribution in [2.24, 2.45) is 5.92 Å². The fraction of sp³-hybridized carbons (Fsp3) is 0.941. The van der Waals surface area contributed by atoms with Gasteiger partial charge in [-0.3, -0.25) is 0 Å². The van der Waals surface area contributed by atoms with E-state index in [2.05, 4.69) is 0 Å². The smallest absolute Gasteiger partial charge is 0.410 e. The minimum atomic E-state index is -0.535. The number of piperidine rings is 2. The Kier molecular flexibility index (Phi) is 3.71. The third-order valence-corrected chi connectivity index (χ3v) is 5.51. The largest absolute Gasteiger partial charge is 0.444 e. The summed E-state index contributed by atoms with van der Waals surface area (Å²) in [6.45, 7) is 5.74. The minimum absolute atomic E-state index is 0.165. The molecule has 2 atom stereocenters. The molecule has 4 heteroatoms. The number of ether oxygens (including phenoxy) is 1. The molecule has 3 fully saturated rings. The van der Waals surface area contributed by atoms with Gasteiger partial charge < -0.3 is 14.7 Å². The van der Waals surface area contributed by atoms with E-state index in [0.717, 1.165) is 44.9 Å². The number of carbonyl (C=O) groups is 1. The van der Waals surface area contributed by atoms with Gasteiger partial charge >= 0.3 is 6.09 Å². The minimum Gasteiger partial charge on any atom is -0.444 e. The van der Waals surface area contributed by atoms with E-state index < -0.39 is 11.2 Å². The van der Waals surface area contributed by atoms with Crippen LogP contribution in [0.15, 0.2) is 0 Å². The Morgan fingerprint density at radius 3 is 2.05 bits per heavy atom. The van der Waals surface area contributed by atoms with Crippen LogP contribution in [-0.2, 0) is 4.74 Å². The number of carbonyl (C=O) groups excluding carboxylic acids is 1. The van der Waals surface area contributed by atoms with E-state index in [9.17, 15) is 9.90 Å². The molecule has 1 amide bonds. The highest BCUT2D eigenvalue weighted by Gasteiger charge is 2.52. The van der Waals surface area contributed by atoms with Gasteiger partial charge in [-0.2, -0.15) is 0 Å². The molecule has 1 aliphatic carbocycles. The van der Waals surface area contributed by atoms with Crippen LogP contribution in [0.25, 0.3) is 0 Å². The Balaban J connectivity index is 1.74. The molecule has 2 unspecified atom stereocenters. The molecule has 3 aliphatic rings. The number of rotatable bonds is 1. The molecule has 2 heterocycles. The summed E-state index contributed by atoms with van der Waals surface area (Å²) in [5.74, 6) is 0.460. The molecule has 120 valence electrons. The number of fused-ring (bicyclic) bond motifs is 2. The predicted molar refractivity (Wildman–Crippen MR) is 81.0 cm³/mol. The van der Waals surface area contributed by atoms with Crippen LogP contribution in [0.1, 0.15) is 72.1 Å². The second-order valence-electron chi connectivity index (χ2n) is 8.27. The van der Waals surface area contributed by atoms with E-state index in [1.165, 1.54) is 6.42 Å². The van der Waals surface area contributed by atoms with Crippen LogP contribution in [0, 0.1) is 5.92 Å². The summed E-state index contributed by atoms with van der Waals surface area (Å²) in [7, 11) is 0. The SMILES string of the molecule is CC(C)(C)OC(=O)N1C2CCCC1CC(O)(C1CCC1)C2. The molecule has 0 aromatic carbocycles. The van der Waals surface area contributed by atoms with E-state index in [-0.39, 0.29) is 18.2 Å². The molecule has 0 spiro atoms. The number of hydrogen-bond donors (Lipinski definition) is 1. The van der Waals surface area contributed by atoms with Crippen LogP contribution >= 0.6 is 0 Å². The maximum atomic E-state index is 12.5. The maximum absolute atomic E-state index is 12.5. The second kappa shape index (κ2) is 5.15. The van der Waals surface area contributed by atoms with Crippen LogP contribution in [-0.4, -0.2) is 39.4 Å². The van der Waals surface area contributed by atoms with Gasteiger partial charge in [0, 0.05) is 12.1 Å². The highest BCUT2D eigenvalue weighted by molar-refractivity contribution is 5.69. The van der Waals surface area contributed by atoms with Gasteiger partial charge in [-0.25, -0.2) is 4.79 Å². The summed E-state index contributed by atoms with van der Waals surface area (Å²) in [4.78, 5) is 14.5. The number of aliphatic hydroxyl groups is 1. The van der Waals surface area contributed by atoms with Gasteiger partial charge in [-0.15, -0.1) is 0 Å². The summed E-state index contributed by atoms with van der Waals surface area (Å²) in [6.07, 6.45) is 8.03. The molecule has 2 aliphatic heterocycles. The lowest BCUT2D eigenvalue weighted by Gasteiger charge is -2.55. The maximum Gasteiger partial charge on any atom is 0.410 e. The summed E-state index contributed by atoms with van der Waals surface area (Å²) in [6, 6.07) is 0.330.